The Kier molecular flexibility index (Phi) is 6.40. The molecule has 1 N–H and O–H groups in total. The number of ketones is 1. The van der Waals surface area contributed by atoms with Crippen molar-refractivity contribution in [1.29, 1.82) is 0 Å². The lowest BCUT2D eigenvalue weighted by atomic mass is 10.1. The Bertz CT molecular complexity index is 975. The maximum atomic E-state index is 12.9. The van der Waals surface area contributed by atoms with Crippen molar-refractivity contribution in [3.8, 4) is 11.5 Å². The highest BCUT2D eigenvalue weighted by atomic mass is 35.5. The van der Waals surface area contributed by atoms with E-state index in [9.17, 15) is 14.0 Å². The van der Waals surface area contributed by atoms with Crippen LogP contribution in [0.1, 0.15) is 23.2 Å². The van der Waals surface area contributed by atoms with Crippen molar-refractivity contribution < 1.29 is 18.7 Å². The summed E-state index contributed by atoms with van der Waals surface area (Å²) in [6, 6.07) is 19.3. The Balaban J connectivity index is 1.64. The van der Waals surface area contributed by atoms with Gasteiger partial charge in [-0.05, 0) is 54.6 Å². The number of rotatable bonds is 7. The highest BCUT2D eigenvalue weighted by Crippen LogP contribution is 2.32. The van der Waals surface area contributed by atoms with Crippen molar-refractivity contribution in [3.63, 3.8) is 0 Å². The second-order valence-electron chi connectivity index (χ2n) is 6.03. The van der Waals surface area contributed by atoms with E-state index < -0.39 is 5.82 Å². The number of benzene rings is 3. The topological polar surface area (TPSA) is 55.4 Å². The Hall–Kier alpha value is -3.18. The first-order chi connectivity index (χ1) is 13.5. The summed E-state index contributed by atoms with van der Waals surface area (Å²) in [4.78, 5) is 24.4. The zero-order valence-electron chi connectivity index (χ0n) is 14.8. The molecule has 0 aliphatic rings. The molecule has 0 atom stereocenters. The molecule has 3 aromatic carbocycles. The number of anilines is 1. The van der Waals surface area contributed by atoms with E-state index >= 15 is 0 Å². The second-order valence-corrected chi connectivity index (χ2v) is 6.47. The summed E-state index contributed by atoms with van der Waals surface area (Å²) in [5, 5.41) is 3.17. The van der Waals surface area contributed by atoms with E-state index in [2.05, 4.69) is 5.32 Å². The van der Waals surface area contributed by atoms with Gasteiger partial charge in [-0.25, -0.2) is 4.39 Å². The molecule has 28 heavy (non-hydrogen) atoms. The summed E-state index contributed by atoms with van der Waals surface area (Å²) in [6.07, 6.45) is -0.0135. The second kappa shape index (κ2) is 9.15. The molecule has 0 fully saturated rings. The van der Waals surface area contributed by atoms with Gasteiger partial charge in [-0.3, -0.25) is 9.59 Å². The first-order valence-corrected chi connectivity index (χ1v) is 9.00. The Morgan fingerprint density at radius 2 is 1.64 bits per heavy atom. The molecule has 1 amide bonds. The lowest BCUT2D eigenvalue weighted by Crippen LogP contribution is -2.14. The number of hydrogen-bond acceptors (Lipinski definition) is 3. The van der Waals surface area contributed by atoms with Gasteiger partial charge in [-0.15, -0.1) is 0 Å². The first kappa shape index (κ1) is 19.6. The highest BCUT2D eigenvalue weighted by molar-refractivity contribution is 6.31. The van der Waals surface area contributed by atoms with Crippen LogP contribution in [0.5, 0.6) is 11.5 Å². The van der Waals surface area contributed by atoms with Gasteiger partial charge in [-0.1, -0.05) is 29.8 Å². The van der Waals surface area contributed by atoms with Gasteiger partial charge in [-0.2, -0.15) is 0 Å². The zero-order valence-corrected chi connectivity index (χ0v) is 15.6. The van der Waals surface area contributed by atoms with Crippen LogP contribution in [0.4, 0.5) is 10.1 Å². The van der Waals surface area contributed by atoms with Crippen molar-refractivity contribution in [2.45, 2.75) is 12.8 Å². The van der Waals surface area contributed by atoms with Crippen molar-refractivity contribution in [2.24, 2.45) is 0 Å². The van der Waals surface area contributed by atoms with Gasteiger partial charge < -0.3 is 10.1 Å². The average Bonchev–Trinajstić information content (AvgIpc) is 2.69. The fourth-order valence-electron chi connectivity index (χ4n) is 2.52. The molecule has 4 nitrogen and oxygen atoms in total. The lowest BCUT2D eigenvalue weighted by molar-refractivity contribution is -0.116. The SMILES string of the molecule is O=C(CCC(=O)c1ccc(F)cc1)Nc1cc(Cl)ccc1Oc1ccccc1. The summed E-state index contributed by atoms with van der Waals surface area (Å²) >= 11 is 6.03. The summed E-state index contributed by atoms with van der Waals surface area (Å²) in [7, 11) is 0. The smallest absolute Gasteiger partial charge is 0.224 e. The molecule has 6 heteroatoms. The quantitative estimate of drug-likeness (QED) is 0.507. The van der Waals surface area contributed by atoms with Crippen LogP contribution in [0.2, 0.25) is 5.02 Å². The van der Waals surface area contributed by atoms with Gasteiger partial charge in [0.1, 0.15) is 11.6 Å². The Labute approximate surface area is 166 Å². The highest BCUT2D eigenvalue weighted by Gasteiger charge is 2.13. The molecule has 0 bridgehead atoms. The minimum atomic E-state index is -0.416. The average molecular weight is 398 g/mol. The van der Waals surface area contributed by atoms with Crippen LogP contribution in [-0.4, -0.2) is 11.7 Å². The fraction of sp³-hybridized carbons (Fsp3) is 0.0909. The van der Waals surface area contributed by atoms with Gasteiger partial charge in [0.05, 0.1) is 5.69 Å². The largest absolute Gasteiger partial charge is 0.455 e. The maximum absolute atomic E-state index is 12.9. The van der Waals surface area contributed by atoms with Gasteiger partial charge in [0.2, 0.25) is 5.91 Å². The molecule has 0 saturated carbocycles. The number of nitrogens with one attached hydrogen (secondary N) is 1. The summed E-state index contributed by atoms with van der Waals surface area (Å²) < 4.78 is 18.7. The van der Waals surface area contributed by atoms with Crippen LogP contribution in [-0.2, 0) is 4.79 Å². The van der Waals surface area contributed by atoms with Crippen LogP contribution >= 0.6 is 11.6 Å². The molecular weight excluding hydrogens is 381 g/mol. The number of ether oxygens (including phenoxy) is 1. The molecule has 0 unspecified atom stereocenters. The molecule has 3 aromatic rings. The first-order valence-electron chi connectivity index (χ1n) is 8.62. The molecular formula is C22H17ClFNO3. The van der Waals surface area contributed by atoms with Gasteiger partial charge in [0.15, 0.2) is 11.5 Å². The molecule has 0 aliphatic heterocycles. The van der Waals surface area contributed by atoms with Crippen LogP contribution < -0.4 is 10.1 Å². The van der Waals surface area contributed by atoms with Crippen molar-refractivity contribution in [1.82, 2.24) is 0 Å². The number of amides is 1. The minimum absolute atomic E-state index is 0.00685. The van der Waals surface area contributed by atoms with Crippen molar-refractivity contribution >= 4 is 29.0 Å². The standard InChI is InChI=1S/C22H17ClFNO3/c23-16-8-12-21(28-18-4-2-1-3-5-18)19(14-16)25-22(27)13-11-20(26)15-6-9-17(24)10-7-15/h1-10,12,14H,11,13H2,(H,25,27). The molecule has 0 aromatic heterocycles. The van der Waals surface area contributed by atoms with E-state index in [0.29, 0.717) is 27.8 Å². The van der Waals surface area contributed by atoms with E-state index in [-0.39, 0.29) is 24.5 Å². The van der Waals surface area contributed by atoms with Crippen LogP contribution in [0.15, 0.2) is 72.8 Å². The third kappa shape index (κ3) is 5.41. The van der Waals surface area contributed by atoms with Crippen LogP contribution in [0.3, 0.4) is 0 Å². The zero-order chi connectivity index (χ0) is 19.9. The summed E-state index contributed by atoms with van der Waals surface area (Å²) in [6.45, 7) is 0. The third-order valence-electron chi connectivity index (χ3n) is 3.93. The van der Waals surface area contributed by atoms with E-state index in [4.69, 9.17) is 16.3 Å². The number of Topliss-reactive ketones (excluding diaryl/α,β-unsaturated/α-hetero) is 1. The maximum Gasteiger partial charge on any atom is 0.224 e. The third-order valence-corrected chi connectivity index (χ3v) is 4.17. The monoisotopic (exact) mass is 397 g/mol. The number of carbonyl (C=O) groups excluding carboxylic acids is 2. The number of carbonyl (C=O) groups is 2. The lowest BCUT2D eigenvalue weighted by Gasteiger charge is -2.13. The summed E-state index contributed by atoms with van der Waals surface area (Å²) in [5.74, 6) is 0.0551. The molecule has 0 saturated heterocycles. The van der Waals surface area contributed by atoms with Gasteiger partial charge >= 0.3 is 0 Å². The Morgan fingerprint density at radius 3 is 2.36 bits per heavy atom. The summed E-state index contributed by atoms with van der Waals surface area (Å²) in [5.41, 5.74) is 0.778. The molecule has 142 valence electrons. The molecule has 0 spiro atoms. The van der Waals surface area contributed by atoms with E-state index in [0.717, 1.165) is 0 Å². The predicted octanol–water partition coefficient (Wildman–Crippen LogP) is 5.87. The van der Waals surface area contributed by atoms with Gasteiger partial charge in [0, 0.05) is 23.4 Å². The van der Waals surface area contributed by atoms with Crippen LogP contribution in [0.25, 0.3) is 0 Å². The van der Waals surface area contributed by atoms with E-state index in [1.165, 1.54) is 24.3 Å². The number of halogens is 2. The van der Waals surface area contributed by atoms with E-state index in [1.807, 2.05) is 18.2 Å². The molecule has 0 radical (unpaired) electrons. The van der Waals surface area contributed by atoms with Crippen molar-refractivity contribution in [3.05, 3.63) is 89.2 Å². The molecule has 3 rings (SSSR count). The normalized spacial score (nSPS) is 10.4. The number of hydrogen-bond donors (Lipinski definition) is 1. The van der Waals surface area contributed by atoms with Crippen LogP contribution in [0, 0.1) is 5.82 Å². The molecule has 0 aliphatic carbocycles. The van der Waals surface area contributed by atoms with Crippen molar-refractivity contribution in [2.75, 3.05) is 5.32 Å². The number of para-hydroxylation sites is 1. The molecule has 0 heterocycles. The fourth-order valence-corrected chi connectivity index (χ4v) is 2.70. The predicted molar refractivity (Wildman–Crippen MR) is 107 cm³/mol. The Morgan fingerprint density at radius 1 is 0.929 bits per heavy atom. The minimum Gasteiger partial charge on any atom is -0.455 e. The van der Waals surface area contributed by atoms with Gasteiger partial charge in [0.25, 0.3) is 0 Å². The van der Waals surface area contributed by atoms with E-state index in [1.54, 1.807) is 30.3 Å².